The van der Waals surface area contributed by atoms with E-state index in [2.05, 4.69) is 28.8 Å². The molecule has 2 nitrogen and oxygen atoms in total. The molecule has 0 radical (unpaired) electrons. The maximum Gasteiger partial charge on any atom is 0.0247 e. The Morgan fingerprint density at radius 1 is 1.41 bits per heavy atom. The van der Waals surface area contributed by atoms with E-state index in [0.717, 1.165) is 19.0 Å². The lowest BCUT2D eigenvalue weighted by molar-refractivity contribution is 0.143. The van der Waals surface area contributed by atoms with Crippen LogP contribution in [0.15, 0.2) is 16.8 Å². The Morgan fingerprint density at radius 3 is 2.76 bits per heavy atom. The first-order valence-corrected chi connectivity index (χ1v) is 7.67. The molecule has 1 fully saturated rings. The molecule has 1 aromatic heterocycles. The molecule has 1 aliphatic rings. The standard InChI is InChI=1S/C14H24N2S/c1-16(10-12-7-8-17-11-12)14(9-15)13-5-3-2-4-6-13/h7-8,11,13-14H,2-6,9-10,15H2,1H3. The van der Waals surface area contributed by atoms with Crippen molar-refractivity contribution in [1.82, 2.24) is 4.90 Å². The number of rotatable bonds is 5. The molecule has 0 bridgehead atoms. The van der Waals surface area contributed by atoms with E-state index in [1.54, 1.807) is 11.3 Å². The molecule has 1 aromatic rings. The summed E-state index contributed by atoms with van der Waals surface area (Å²) in [5.74, 6) is 0.817. The first-order valence-electron chi connectivity index (χ1n) is 6.72. The summed E-state index contributed by atoms with van der Waals surface area (Å²) in [6.45, 7) is 1.84. The summed E-state index contributed by atoms with van der Waals surface area (Å²) >= 11 is 1.78. The van der Waals surface area contributed by atoms with Gasteiger partial charge >= 0.3 is 0 Å². The second kappa shape index (κ2) is 6.53. The fourth-order valence-corrected chi connectivity index (χ4v) is 3.70. The molecule has 1 saturated carbocycles. The Hall–Kier alpha value is -0.380. The number of likely N-dealkylation sites (N-methyl/N-ethyl adjacent to an activating group) is 1. The van der Waals surface area contributed by atoms with Gasteiger partial charge in [-0.25, -0.2) is 0 Å². The predicted molar refractivity (Wildman–Crippen MR) is 75.2 cm³/mol. The van der Waals surface area contributed by atoms with Crippen LogP contribution >= 0.6 is 11.3 Å². The second-order valence-corrected chi connectivity index (χ2v) is 6.03. The molecule has 0 amide bonds. The Kier molecular flexibility index (Phi) is 5.01. The fourth-order valence-electron chi connectivity index (χ4n) is 3.04. The maximum atomic E-state index is 5.99. The average Bonchev–Trinajstić information content (AvgIpc) is 2.84. The van der Waals surface area contributed by atoms with Gasteiger partial charge in [0, 0.05) is 19.1 Å². The number of nitrogens with two attached hydrogens (primary N) is 1. The van der Waals surface area contributed by atoms with Crippen molar-refractivity contribution in [2.75, 3.05) is 13.6 Å². The molecule has 1 heterocycles. The summed E-state index contributed by atoms with van der Waals surface area (Å²) in [6.07, 6.45) is 6.95. The molecule has 0 spiro atoms. The molecule has 0 aromatic carbocycles. The van der Waals surface area contributed by atoms with Gasteiger partial charge in [-0.1, -0.05) is 19.3 Å². The predicted octanol–water partition coefficient (Wildman–Crippen LogP) is 3.09. The van der Waals surface area contributed by atoms with Crippen LogP contribution in [0.3, 0.4) is 0 Å². The van der Waals surface area contributed by atoms with Crippen molar-refractivity contribution < 1.29 is 0 Å². The van der Waals surface area contributed by atoms with Gasteiger partial charge < -0.3 is 5.73 Å². The first kappa shape index (κ1) is 13.1. The van der Waals surface area contributed by atoms with E-state index in [-0.39, 0.29) is 0 Å². The third-order valence-electron chi connectivity index (χ3n) is 4.01. The van der Waals surface area contributed by atoms with Gasteiger partial charge in [-0.05, 0) is 48.2 Å². The van der Waals surface area contributed by atoms with E-state index in [9.17, 15) is 0 Å². The van der Waals surface area contributed by atoms with Crippen LogP contribution < -0.4 is 5.73 Å². The molecule has 1 unspecified atom stereocenters. The molecule has 2 rings (SSSR count). The summed E-state index contributed by atoms with van der Waals surface area (Å²) in [5.41, 5.74) is 7.42. The van der Waals surface area contributed by atoms with E-state index in [1.165, 1.54) is 37.7 Å². The Morgan fingerprint density at radius 2 is 2.18 bits per heavy atom. The molecule has 0 saturated heterocycles. The van der Waals surface area contributed by atoms with Crippen LogP contribution in [-0.4, -0.2) is 24.5 Å². The minimum Gasteiger partial charge on any atom is -0.329 e. The molecular formula is C14H24N2S. The zero-order valence-corrected chi connectivity index (χ0v) is 11.6. The van der Waals surface area contributed by atoms with Gasteiger partial charge in [0.15, 0.2) is 0 Å². The lowest BCUT2D eigenvalue weighted by Crippen LogP contribution is -2.43. The highest BCUT2D eigenvalue weighted by Crippen LogP contribution is 2.28. The fraction of sp³-hybridized carbons (Fsp3) is 0.714. The first-order chi connectivity index (χ1) is 8.31. The topological polar surface area (TPSA) is 29.3 Å². The third-order valence-corrected chi connectivity index (χ3v) is 4.75. The van der Waals surface area contributed by atoms with Gasteiger partial charge in [0.05, 0.1) is 0 Å². The smallest absolute Gasteiger partial charge is 0.0247 e. The Balaban J connectivity index is 1.92. The molecular weight excluding hydrogens is 228 g/mol. The van der Waals surface area contributed by atoms with Gasteiger partial charge in [0.25, 0.3) is 0 Å². The quantitative estimate of drug-likeness (QED) is 0.872. The summed E-state index contributed by atoms with van der Waals surface area (Å²) < 4.78 is 0. The van der Waals surface area contributed by atoms with Crippen molar-refractivity contribution in [2.45, 2.75) is 44.7 Å². The molecule has 1 atom stereocenters. The van der Waals surface area contributed by atoms with E-state index in [0.29, 0.717) is 6.04 Å². The summed E-state index contributed by atoms with van der Waals surface area (Å²) in [6, 6.07) is 2.78. The van der Waals surface area contributed by atoms with Gasteiger partial charge in [0.2, 0.25) is 0 Å². The maximum absolute atomic E-state index is 5.99. The number of nitrogens with zero attached hydrogens (tertiary/aromatic N) is 1. The van der Waals surface area contributed by atoms with Crippen LogP contribution in [0.2, 0.25) is 0 Å². The van der Waals surface area contributed by atoms with Crippen LogP contribution in [0, 0.1) is 5.92 Å². The summed E-state index contributed by atoms with van der Waals surface area (Å²) in [4.78, 5) is 2.46. The second-order valence-electron chi connectivity index (χ2n) is 5.25. The summed E-state index contributed by atoms with van der Waals surface area (Å²) in [5, 5.41) is 4.40. The Labute approximate surface area is 109 Å². The van der Waals surface area contributed by atoms with Crippen LogP contribution in [0.4, 0.5) is 0 Å². The van der Waals surface area contributed by atoms with Crippen molar-refractivity contribution in [3.05, 3.63) is 22.4 Å². The molecule has 1 aliphatic carbocycles. The molecule has 96 valence electrons. The minimum atomic E-state index is 0.565. The number of hydrogen-bond donors (Lipinski definition) is 1. The highest BCUT2D eigenvalue weighted by Gasteiger charge is 2.25. The molecule has 2 N–H and O–H groups in total. The van der Waals surface area contributed by atoms with E-state index < -0.39 is 0 Å². The van der Waals surface area contributed by atoms with Gasteiger partial charge in [-0.3, -0.25) is 4.90 Å². The van der Waals surface area contributed by atoms with E-state index >= 15 is 0 Å². The number of thiophene rings is 1. The van der Waals surface area contributed by atoms with Gasteiger partial charge in [-0.15, -0.1) is 0 Å². The van der Waals surface area contributed by atoms with Crippen LogP contribution in [0.1, 0.15) is 37.7 Å². The average molecular weight is 252 g/mol. The SMILES string of the molecule is CN(Cc1ccsc1)C(CN)C1CCCCC1. The zero-order valence-electron chi connectivity index (χ0n) is 10.8. The minimum absolute atomic E-state index is 0.565. The van der Waals surface area contributed by atoms with E-state index in [4.69, 9.17) is 5.73 Å². The zero-order chi connectivity index (χ0) is 12.1. The van der Waals surface area contributed by atoms with Crippen molar-refractivity contribution in [1.29, 1.82) is 0 Å². The van der Waals surface area contributed by atoms with Gasteiger partial charge in [-0.2, -0.15) is 11.3 Å². The summed E-state index contributed by atoms with van der Waals surface area (Å²) in [7, 11) is 2.23. The lowest BCUT2D eigenvalue weighted by atomic mass is 9.83. The monoisotopic (exact) mass is 252 g/mol. The van der Waals surface area contributed by atoms with Crippen molar-refractivity contribution in [3.63, 3.8) is 0 Å². The highest BCUT2D eigenvalue weighted by atomic mass is 32.1. The lowest BCUT2D eigenvalue weighted by Gasteiger charge is -2.36. The van der Waals surface area contributed by atoms with Crippen LogP contribution in [0.25, 0.3) is 0 Å². The van der Waals surface area contributed by atoms with Crippen LogP contribution in [0.5, 0.6) is 0 Å². The molecule has 0 aliphatic heterocycles. The largest absolute Gasteiger partial charge is 0.329 e. The van der Waals surface area contributed by atoms with Gasteiger partial charge in [0.1, 0.15) is 0 Å². The highest BCUT2D eigenvalue weighted by molar-refractivity contribution is 7.07. The van der Waals surface area contributed by atoms with Crippen molar-refractivity contribution >= 4 is 11.3 Å². The van der Waals surface area contributed by atoms with Crippen LogP contribution in [-0.2, 0) is 6.54 Å². The normalized spacial score (nSPS) is 19.7. The van der Waals surface area contributed by atoms with Crippen molar-refractivity contribution in [3.8, 4) is 0 Å². The third kappa shape index (κ3) is 3.54. The molecule has 17 heavy (non-hydrogen) atoms. The number of hydrogen-bond acceptors (Lipinski definition) is 3. The van der Waals surface area contributed by atoms with E-state index in [1.807, 2.05) is 0 Å². The van der Waals surface area contributed by atoms with Crippen molar-refractivity contribution in [2.24, 2.45) is 11.7 Å². The Bertz CT molecular complexity index is 304. The molecule has 3 heteroatoms.